The Morgan fingerprint density at radius 1 is 1.31 bits per heavy atom. The number of hydrogen-bond donors (Lipinski definition) is 0. The highest BCUT2D eigenvalue weighted by molar-refractivity contribution is 5.77. The highest BCUT2D eigenvalue weighted by atomic mass is 16.5. The van der Waals surface area contributed by atoms with Crippen molar-refractivity contribution < 1.29 is 14.3 Å². The summed E-state index contributed by atoms with van der Waals surface area (Å²) in [5.74, 6) is 0.613. The summed E-state index contributed by atoms with van der Waals surface area (Å²) in [6.45, 7) is 9.02. The van der Waals surface area contributed by atoms with E-state index in [-0.39, 0.29) is 12.5 Å². The maximum Gasteiger partial charge on any atom is 0.248 e. The van der Waals surface area contributed by atoms with Crippen molar-refractivity contribution in [2.24, 2.45) is 5.92 Å². The fourth-order valence-electron chi connectivity index (χ4n) is 1.31. The van der Waals surface area contributed by atoms with Crippen LogP contribution in [0.3, 0.4) is 0 Å². The summed E-state index contributed by atoms with van der Waals surface area (Å²) >= 11 is 0. The van der Waals surface area contributed by atoms with Crippen LogP contribution in [-0.2, 0) is 14.3 Å². The maximum atomic E-state index is 11.7. The van der Waals surface area contributed by atoms with Crippen LogP contribution in [0.2, 0.25) is 0 Å². The van der Waals surface area contributed by atoms with Gasteiger partial charge in [-0.15, -0.1) is 0 Å². The van der Waals surface area contributed by atoms with Crippen LogP contribution in [0.5, 0.6) is 0 Å². The van der Waals surface area contributed by atoms with Crippen LogP contribution in [0.15, 0.2) is 0 Å². The largest absolute Gasteiger partial charge is 0.382 e. The zero-order chi connectivity index (χ0) is 12.4. The molecule has 0 heterocycles. The Morgan fingerprint density at radius 3 is 2.50 bits per heavy atom. The molecule has 0 aliphatic heterocycles. The zero-order valence-corrected chi connectivity index (χ0v) is 11.0. The molecule has 0 N–H and O–H groups in total. The molecular weight excluding hydrogens is 206 g/mol. The third-order valence-electron chi connectivity index (χ3n) is 2.62. The van der Waals surface area contributed by atoms with Crippen LogP contribution < -0.4 is 0 Å². The van der Waals surface area contributed by atoms with Gasteiger partial charge in [0.1, 0.15) is 6.61 Å². The summed E-state index contributed by atoms with van der Waals surface area (Å²) in [6.07, 6.45) is 1.09. The number of hydrogen-bond acceptors (Lipinski definition) is 3. The van der Waals surface area contributed by atoms with Gasteiger partial charge < -0.3 is 14.4 Å². The van der Waals surface area contributed by atoms with Crippen LogP contribution in [0.4, 0.5) is 0 Å². The molecule has 0 radical (unpaired) electrons. The zero-order valence-electron chi connectivity index (χ0n) is 11.0. The van der Waals surface area contributed by atoms with Gasteiger partial charge in [-0.05, 0) is 12.8 Å². The third kappa shape index (κ3) is 6.80. The van der Waals surface area contributed by atoms with Gasteiger partial charge in [0.25, 0.3) is 0 Å². The van der Waals surface area contributed by atoms with Crippen molar-refractivity contribution in [1.29, 1.82) is 0 Å². The predicted molar refractivity (Wildman–Crippen MR) is 64.4 cm³/mol. The van der Waals surface area contributed by atoms with Gasteiger partial charge in [-0.1, -0.05) is 20.3 Å². The molecule has 1 amide bonds. The molecule has 0 aromatic carbocycles. The molecule has 0 saturated heterocycles. The number of rotatable bonds is 9. The van der Waals surface area contributed by atoms with E-state index >= 15 is 0 Å². The van der Waals surface area contributed by atoms with Crippen molar-refractivity contribution in [3.05, 3.63) is 0 Å². The molecule has 1 unspecified atom stereocenters. The van der Waals surface area contributed by atoms with Crippen LogP contribution in [0.25, 0.3) is 0 Å². The molecule has 0 saturated carbocycles. The van der Waals surface area contributed by atoms with Gasteiger partial charge in [-0.2, -0.15) is 0 Å². The molecule has 4 heteroatoms. The fraction of sp³-hybridized carbons (Fsp3) is 0.917. The molecule has 0 bridgehead atoms. The predicted octanol–water partition coefficient (Wildman–Crippen LogP) is 1.54. The minimum Gasteiger partial charge on any atom is -0.382 e. The number of nitrogens with zero attached hydrogens (tertiary/aromatic N) is 1. The summed E-state index contributed by atoms with van der Waals surface area (Å²) in [7, 11) is 1.62. The van der Waals surface area contributed by atoms with Crippen LogP contribution in [-0.4, -0.2) is 50.8 Å². The molecule has 0 aromatic heterocycles. The minimum atomic E-state index is 0.0684. The number of likely N-dealkylation sites (N-methyl/N-ethyl adjacent to an activating group) is 1. The Labute approximate surface area is 98.9 Å². The van der Waals surface area contributed by atoms with Crippen LogP contribution >= 0.6 is 0 Å². The quantitative estimate of drug-likeness (QED) is 0.565. The van der Waals surface area contributed by atoms with E-state index in [2.05, 4.69) is 13.8 Å². The van der Waals surface area contributed by atoms with E-state index < -0.39 is 0 Å². The van der Waals surface area contributed by atoms with Gasteiger partial charge in [0.05, 0.1) is 13.2 Å². The van der Waals surface area contributed by atoms with E-state index in [9.17, 15) is 4.79 Å². The summed E-state index contributed by atoms with van der Waals surface area (Å²) in [6, 6.07) is 0. The van der Waals surface area contributed by atoms with E-state index in [4.69, 9.17) is 9.47 Å². The third-order valence-corrected chi connectivity index (χ3v) is 2.62. The van der Waals surface area contributed by atoms with Crippen molar-refractivity contribution in [2.45, 2.75) is 27.2 Å². The van der Waals surface area contributed by atoms with Crippen molar-refractivity contribution in [2.75, 3.05) is 40.0 Å². The van der Waals surface area contributed by atoms with Crippen molar-refractivity contribution >= 4 is 5.91 Å². The Balaban J connectivity index is 3.82. The molecule has 16 heavy (non-hydrogen) atoms. The fourth-order valence-corrected chi connectivity index (χ4v) is 1.31. The highest BCUT2D eigenvalue weighted by Crippen LogP contribution is 2.04. The number of carbonyl (C=O) groups is 1. The van der Waals surface area contributed by atoms with E-state index in [1.165, 1.54) is 0 Å². The number of methoxy groups -OCH3 is 1. The standard InChI is InChI=1S/C12H25NO3/c1-5-11(3)9-13(6-2)12(14)10-16-8-7-15-4/h11H,5-10H2,1-4H3. The first-order chi connectivity index (χ1) is 7.65. The Hall–Kier alpha value is -0.610. The van der Waals surface area contributed by atoms with Crippen molar-refractivity contribution in [1.82, 2.24) is 4.90 Å². The van der Waals surface area contributed by atoms with Crippen LogP contribution in [0, 0.1) is 5.92 Å². The summed E-state index contributed by atoms with van der Waals surface area (Å²) in [4.78, 5) is 13.6. The summed E-state index contributed by atoms with van der Waals surface area (Å²) < 4.78 is 10.1. The molecule has 4 nitrogen and oxygen atoms in total. The lowest BCUT2D eigenvalue weighted by atomic mass is 10.1. The normalized spacial score (nSPS) is 12.5. The summed E-state index contributed by atoms with van der Waals surface area (Å²) in [5.41, 5.74) is 0. The maximum absolute atomic E-state index is 11.7. The number of carbonyl (C=O) groups excluding carboxylic acids is 1. The molecule has 96 valence electrons. The van der Waals surface area contributed by atoms with Crippen LogP contribution in [0.1, 0.15) is 27.2 Å². The second-order valence-corrected chi connectivity index (χ2v) is 3.99. The lowest BCUT2D eigenvalue weighted by Crippen LogP contribution is -2.37. The average Bonchev–Trinajstić information content (AvgIpc) is 2.30. The molecule has 0 aliphatic rings. The van der Waals surface area contributed by atoms with E-state index in [1.54, 1.807) is 7.11 Å². The minimum absolute atomic E-state index is 0.0684. The van der Waals surface area contributed by atoms with Gasteiger partial charge >= 0.3 is 0 Å². The molecule has 0 fully saturated rings. The SMILES string of the molecule is CCC(C)CN(CC)C(=O)COCCOC. The van der Waals surface area contributed by atoms with E-state index in [0.717, 1.165) is 19.5 Å². The molecular formula is C12H25NO3. The van der Waals surface area contributed by atoms with E-state index in [0.29, 0.717) is 19.1 Å². The Morgan fingerprint density at radius 2 is 2.00 bits per heavy atom. The van der Waals surface area contributed by atoms with Crippen molar-refractivity contribution in [3.8, 4) is 0 Å². The van der Waals surface area contributed by atoms with Gasteiger partial charge in [-0.3, -0.25) is 4.79 Å². The van der Waals surface area contributed by atoms with Gasteiger partial charge in [0.15, 0.2) is 0 Å². The summed E-state index contributed by atoms with van der Waals surface area (Å²) in [5, 5.41) is 0. The van der Waals surface area contributed by atoms with E-state index in [1.807, 2.05) is 11.8 Å². The molecule has 0 rings (SSSR count). The lowest BCUT2D eigenvalue weighted by Gasteiger charge is -2.24. The molecule has 0 aromatic rings. The Kier molecular flexibility index (Phi) is 9.24. The Bertz CT molecular complexity index is 185. The molecule has 0 aliphatic carbocycles. The van der Waals surface area contributed by atoms with Crippen molar-refractivity contribution in [3.63, 3.8) is 0 Å². The number of amides is 1. The second kappa shape index (κ2) is 9.60. The van der Waals surface area contributed by atoms with Gasteiger partial charge in [0, 0.05) is 20.2 Å². The van der Waals surface area contributed by atoms with Gasteiger partial charge in [-0.25, -0.2) is 0 Å². The molecule has 0 spiro atoms. The van der Waals surface area contributed by atoms with Gasteiger partial charge in [0.2, 0.25) is 5.91 Å². The lowest BCUT2D eigenvalue weighted by molar-refractivity contribution is -0.137. The second-order valence-electron chi connectivity index (χ2n) is 3.99. The average molecular weight is 231 g/mol. The number of ether oxygens (including phenoxy) is 2. The first kappa shape index (κ1) is 15.4. The molecule has 1 atom stereocenters. The first-order valence-corrected chi connectivity index (χ1v) is 6.00. The smallest absolute Gasteiger partial charge is 0.248 e. The monoisotopic (exact) mass is 231 g/mol. The first-order valence-electron chi connectivity index (χ1n) is 6.00. The topological polar surface area (TPSA) is 38.8 Å². The highest BCUT2D eigenvalue weighted by Gasteiger charge is 2.13.